The molecule has 98 valence electrons. The van der Waals surface area contributed by atoms with Gasteiger partial charge in [0.25, 0.3) is 5.91 Å². The zero-order chi connectivity index (χ0) is 13.4. The first-order chi connectivity index (χ1) is 9.13. The molecule has 2 aromatic rings. The van der Waals surface area contributed by atoms with Crippen molar-refractivity contribution in [2.75, 3.05) is 0 Å². The van der Waals surface area contributed by atoms with Crippen molar-refractivity contribution in [1.82, 2.24) is 15.8 Å². The van der Waals surface area contributed by atoms with Crippen LogP contribution in [0.15, 0.2) is 24.3 Å². The highest BCUT2D eigenvalue weighted by Crippen LogP contribution is 2.28. The lowest BCUT2D eigenvalue weighted by molar-refractivity contribution is -0.123. The van der Waals surface area contributed by atoms with E-state index in [4.69, 9.17) is 0 Å². The molecule has 0 spiro atoms. The van der Waals surface area contributed by atoms with Gasteiger partial charge in [-0.05, 0) is 37.5 Å². The van der Waals surface area contributed by atoms with Crippen LogP contribution >= 0.6 is 0 Å². The molecule has 1 aliphatic carbocycles. The van der Waals surface area contributed by atoms with Gasteiger partial charge in [-0.15, -0.1) is 0 Å². The van der Waals surface area contributed by atoms with Gasteiger partial charge in [-0.25, -0.2) is 0 Å². The molecule has 0 atom stereocenters. The van der Waals surface area contributed by atoms with Crippen molar-refractivity contribution in [3.63, 3.8) is 0 Å². The highest BCUT2D eigenvalue weighted by Gasteiger charge is 2.29. The van der Waals surface area contributed by atoms with Crippen LogP contribution in [0.2, 0.25) is 0 Å². The van der Waals surface area contributed by atoms with Gasteiger partial charge in [0, 0.05) is 16.8 Å². The van der Waals surface area contributed by atoms with E-state index in [9.17, 15) is 9.59 Å². The molecule has 2 amide bonds. The number of aryl methyl sites for hydroxylation is 1. The standard InChI is InChI=1S/C14H15N3O2/c1-8-2-3-10-7-12(15-11(10)6-8)14(19)17-16-13(18)9-4-5-9/h2-3,6-7,9,15H,4-5H2,1H3,(H,16,18)(H,17,19). The van der Waals surface area contributed by atoms with Gasteiger partial charge in [0.15, 0.2) is 0 Å². The third kappa shape index (κ3) is 2.45. The van der Waals surface area contributed by atoms with Crippen molar-refractivity contribution in [1.29, 1.82) is 0 Å². The summed E-state index contributed by atoms with van der Waals surface area (Å²) in [5, 5.41) is 0.976. The molecule has 1 saturated carbocycles. The van der Waals surface area contributed by atoms with Crippen LogP contribution in [0.1, 0.15) is 28.9 Å². The van der Waals surface area contributed by atoms with E-state index in [0.717, 1.165) is 29.3 Å². The summed E-state index contributed by atoms with van der Waals surface area (Å²) in [6.45, 7) is 2.00. The molecule has 0 radical (unpaired) electrons. The van der Waals surface area contributed by atoms with Crippen molar-refractivity contribution in [3.05, 3.63) is 35.5 Å². The third-order valence-electron chi connectivity index (χ3n) is 3.27. The summed E-state index contributed by atoms with van der Waals surface area (Å²) in [5.74, 6) is -0.367. The summed E-state index contributed by atoms with van der Waals surface area (Å²) in [5.41, 5.74) is 7.35. The number of benzene rings is 1. The fourth-order valence-electron chi connectivity index (χ4n) is 2.00. The molecule has 0 saturated heterocycles. The van der Waals surface area contributed by atoms with E-state index in [-0.39, 0.29) is 17.7 Å². The van der Waals surface area contributed by atoms with Crippen molar-refractivity contribution in [2.24, 2.45) is 5.92 Å². The molecule has 1 aliphatic rings. The van der Waals surface area contributed by atoms with E-state index in [1.807, 2.05) is 25.1 Å². The molecule has 1 heterocycles. The molecule has 5 heteroatoms. The van der Waals surface area contributed by atoms with Crippen LogP contribution < -0.4 is 10.9 Å². The van der Waals surface area contributed by atoms with E-state index in [1.165, 1.54) is 0 Å². The van der Waals surface area contributed by atoms with Gasteiger partial charge in [0.05, 0.1) is 0 Å². The Morgan fingerprint density at radius 1 is 1.21 bits per heavy atom. The van der Waals surface area contributed by atoms with Crippen LogP contribution in [0, 0.1) is 12.8 Å². The molecule has 1 aromatic carbocycles. The first-order valence-electron chi connectivity index (χ1n) is 6.33. The van der Waals surface area contributed by atoms with Crippen LogP contribution in [0.5, 0.6) is 0 Å². The minimum Gasteiger partial charge on any atom is -0.350 e. The molecule has 5 nitrogen and oxygen atoms in total. The summed E-state index contributed by atoms with van der Waals surface area (Å²) >= 11 is 0. The Labute approximate surface area is 110 Å². The monoisotopic (exact) mass is 257 g/mol. The van der Waals surface area contributed by atoms with Gasteiger partial charge < -0.3 is 4.98 Å². The van der Waals surface area contributed by atoms with E-state index in [0.29, 0.717) is 5.69 Å². The van der Waals surface area contributed by atoms with Crippen LogP contribution in [0.3, 0.4) is 0 Å². The Balaban J connectivity index is 1.71. The first-order valence-corrected chi connectivity index (χ1v) is 6.33. The van der Waals surface area contributed by atoms with Gasteiger partial charge in [0.2, 0.25) is 5.91 Å². The van der Waals surface area contributed by atoms with Gasteiger partial charge in [-0.3, -0.25) is 20.4 Å². The second-order valence-corrected chi connectivity index (χ2v) is 4.99. The third-order valence-corrected chi connectivity index (χ3v) is 3.27. The number of rotatable bonds is 2. The molecular formula is C14H15N3O2. The van der Waals surface area contributed by atoms with Crippen LogP contribution in [-0.4, -0.2) is 16.8 Å². The minimum atomic E-state index is -0.331. The first kappa shape index (κ1) is 11.8. The number of carbonyl (C=O) groups is 2. The molecule has 19 heavy (non-hydrogen) atoms. The zero-order valence-corrected chi connectivity index (χ0v) is 10.6. The highest BCUT2D eigenvalue weighted by atomic mass is 16.2. The van der Waals surface area contributed by atoms with Gasteiger partial charge in [-0.2, -0.15) is 0 Å². The van der Waals surface area contributed by atoms with Crippen LogP contribution in [-0.2, 0) is 4.79 Å². The molecule has 0 unspecified atom stereocenters. The number of fused-ring (bicyclic) bond motifs is 1. The van der Waals surface area contributed by atoms with Crippen LogP contribution in [0.25, 0.3) is 10.9 Å². The Hall–Kier alpha value is -2.30. The maximum atomic E-state index is 11.9. The van der Waals surface area contributed by atoms with Crippen molar-refractivity contribution in [2.45, 2.75) is 19.8 Å². The topological polar surface area (TPSA) is 74.0 Å². The largest absolute Gasteiger partial charge is 0.350 e. The predicted molar refractivity (Wildman–Crippen MR) is 71.4 cm³/mol. The molecule has 1 aromatic heterocycles. The average molecular weight is 257 g/mol. The second-order valence-electron chi connectivity index (χ2n) is 4.99. The summed E-state index contributed by atoms with van der Waals surface area (Å²) in [7, 11) is 0. The normalized spacial score (nSPS) is 14.4. The lowest BCUT2D eigenvalue weighted by atomic mass is 10.2. The summed E-state index contributed by atoms with van der Waals surface area (Å²) in [6, 6.07) is 7.70. The van der Waals surface area contributed by atoms with E-state index < -0.39 is 0 Å². The lowest BCUT2D eigenvalue weighted by Gasteiger charge is -2.04. The molecule has 0 bridgehead atoms. The Kier molecular flexibility index (Phi) is 2.74. The number of H-pyrrole nitrogens is 1. The molecule has 1 fully saturated rings. The van der Waals surface area contributed by atoms with E-state index in [2.05, 4.69) is 15.8 Å². The molecule has 0 aliphatic heterocycles. The summed E-state index contributed by atoms with van der Waals surface area (Å²) in [6.07, 6.45) is 1.82. The smallest absolute Gasteiger partial charge is 0.286 e. The number of carbonyl (C=O) groups excluding carboxylic acids is 2. The lowest BCUT2D eigenvalue weighted by Crippen LogP contribution is -2.42. The Bertz CT molecular complexity index is 656. The number of aromatic nitrogens is 1. The van der Waals surface area contributed by atoms with Gasteiger partial charge in [0.1, 0.15) is 5.69 Å². The number of hydrogen-bond donors (Lipinski definition) is 3. The second kappa shape index (κ2) is 4.42. The summed E-state index contributed by atoms with van der Waals surface area (Å²) in [4.78, 5) is 26.4. The fraction of sp³-hybridized carbons (Fsp3) is 0.286. The maximum Gasteiger partial charge on any atom is 0.286 e. The van der Waals surface area contributed by atoms with Gasteiger partial charge >= 0.3 is 0 Å². The molecule has 3 rings (SSSR count). The Morgan fingerprint density at radius 3 is 2.74 bits per heavy atom. The predicted octanol–water partition coefficient (Wildman–Crippen LogP) is 1.65. The number of amides is 2. The van der Waals surface area contributed by atoms with Crippen molar-refractivity contribution in [3.8, 4) is 0 Å². The molecular weight excluding hydrogens is 242 g/mol. The van der Waals surface area contributed by atoms with E-state index in [1.54, 1.807) is 6.07 Å². The highest BCUT2D eigenvalue weighted by molar-refractivity contribution is 5.99. The molecule has 3 N–H and O–H groups in total. The SMILES string of the molecule is Cc1ccc2cc(C(=O)NNC(=O)C3CC3)[nH]c2c1. The minimum absolute atomic E-state index is 0.0747. The van der Waals surface area contributed by atoms with E-state index >= 15 is 0 Å². The number of aromatic amines is 1. The maximum absolute atomic E-state index is 11.9. The Morgan fingerprint density at radius 2 is 2.00 bits per heavy atom. The fourth-order valence-corrected chi connectivity index (χ4v) is 2.00. The number of hydrogen-bond acceptors (Lipinski definition) is 2. The van der Waals surface area contributed by atoms with Crippen molar-refractivity contribution < 1.29 is 9.59 Å². The van der Waals surface area contributed by atoms with Crippen molar-refractivity contribution >= 4 is 22.7 Å². The number of nitrogens with one attached hydrogen (secondary N) is 3. The number of hydrazine groups is 1. The van der Waals surface area contributed by atoms with Gasteiger partial charge in [-0.1, -0.05) is 12.1 Å². The zero-order valence-electron chi connectivity index (χ0n) is 10.6. The van der Waals surface area contributed by atoms with Crippen LogP contribution in [0.4, 0.5) is 0 Å². The summed E-state index contributed by atoms with van der Waals surface area (Å²) < 4.78 is 0. The average Bonchev–Trinajstić information content (AvgIpc) is 3.15. The quantitative estimate of drug-likeness (QED) is 0.716.